The van der Waals surface area contributed by atoms with E-state index in [1.165, 1.54) is 5.56 Å². The Bertz CT molecular complexity index is 482. The van der Waals surface area contributed by atoms with Crippen molar-refractivity contribution in [1.29, 1.82) is 0 Å². The molecule has 4 nitrogen and oxygen atoms in total. The molecule has 1 aromatic carbocycles. The number of halogens is 1. The highest BCUT2D eigenvalue weighted by Gasteiger charge is 2.18. The standard InChI is InChI=1S/C14H20N4.ClH/c1-3-12(9-14-16-6-7-17-14)18-13-5-4-11(15)8-10(13)2;/h4-8,12,16,18H,3,9,15H2,1-2H3;1H/q+1;/p-1. The Morgan fingerprint density at radius 1 is 1.42 bits per heavy atom. The van der Waals surface area contributed by atoms with Crippen molar-refractivity contribution in [1.82, 2.24) is 10.3 Å². The van der Waals surface area contributed by atoms with Crippen molar-refractivity contribution < 1.29 is 12.4 Å². The van der Waals surface area contributed by atoms with Crippen LogP contribution in [0.5, 0.6) is 0 Å². The van der Waals surface area contributed by atoms with E-state index in [-0.39, 0.29) is 12.4 Å². The van der Waals surface area contributed by atoms with Gasteiger partial charge in [-0.3, -0.25) is 0 Å². The number of hydrogen-bond acceptors (Lipinski definition) is 4. The molecule has 0 aromatic heterocycles. The molecule has 1 unspecified atom stereocenters. The predicted molar refractivity (Wildman–Crippen MR) is 77.3 cm³/mol. The Balaban J connectivity index is 0.00000180. The molecule has 1 atom stereocenters. The molecule has 1 aromatic rings. The maximum Gasteiger partial charge on any atom is 0.298 e. The lowest BCUT2D eigenvalue weighted by Crippen LogP contribution is -3.00. The summed E-state index contributed by atoms with van der Waals surface area (Å²) in [6, 6.07) is 6.32. The fraction of sp³-hybridized carbons (Fsp3) is 0.357. The smallest absolute Gasteiger partial charge is 0.298 e. The summed E-state index contributed by atoms with van der Waals surface area (Å²) in [5, 5.41) is 6.69. The first-order valence-corrected chi connectivity index (χ1v) is 6.30. The lowest BCUT2D eigenvalue weighted by Gasteiger charge is -2.18. The van der Waals surface area contributed by atoms with Gasteiger partial charge in [0.15, 0.2) is 6.20 Å². The van der Waals surface area contributed by atoms with Crippen LogP contribution in [0.2, 0.25) is 0 Å². The fourth-order valence-corrected chi connectivity index (χ4v) is 2.01. The van der Waals surface area contributed by atoms with E-state index in [1.807, 2.05) is 24.4 Å². The number of nitrogen functional groups attached to an aromatic ring is 1. The number of hydrogen-bond donors (Lipinski definition) is 3. The number of benzene rings is 1. The van der Waals surface area contributed by atoms with E-state index in [9.17, 15) is 0 Å². The van der Waals surface area contributed by atoms with Crippen LogP contribution < -0.4 is 33.8 Å². The maximum atomic E-state index is 5.76. The molecule has 1 heterocycles. The van der Waals surface area contributed by atoms with E-state index >= 15 is 0 Å². The highest BCUT2D eigenvalue weighted by molar-refractivity contribution is 5.84. The van der Waals surface area contributed by atoms with E-state index in [2.05, 4.69) is 29.5 Å². The molecule has 0 saturated carbocycles. The molecule has 2 rings (SSSR count). The van der Waals surface area contributed by atoms with E-state index in [0.717, 1.165) is 30.1 Å². The van der Waals surface area contributed by atoms with Gasteiger partial charge in [0.1, 0.15) is 6.20 Å². The number of aryl methyl sites for hydroxylation is 1. The summed E-state index contributed by atoms with van der Waals surface area (Å²) in [7, 11) is 0. The normalized spacial score (nSPS) is 14.3. The molecular formula is C14H20ClN4. The number of rotatable bonds is 5. The molecule has 5 heteroatoms. The van der Waals surface area contributed by atoms with Gasteiger partial charge in [-0.05, 0) is 37.1 Å². The zero-order chi connectivity index (χ0) is 13.0. The third kappa shape index (κ3) is 4.17. The highest BCUT2D eigenvalue weighted by atomic mass is 35.5. The van der Waals surface area contributed by atoms with Gasteiger partial charge < -0.3 is 23.5 Å². The van der Waals surface area contributed by atoms with Crippen LogP contribution in [0.1, 0.15) is 25.3 Å². The molecule has 0 bridgehead atoms. The maximum absolute atomic E-state index is 5.76. The molecule has 0 fully saturated rings. The first-order chi connectivity index (χ1) is 8.69. The van der Waals surface area contributed by atoms with Crippen LogP contribution in [0.25, 0.3) is 0 Å². The van der Waals surface area contributed by atoms with Gasteiger partial charge in [-0.1, -0.05) is 11.9 Å². The molecule has 1 aliphatic rings. The summed E-state index contributed by atoms with van der Waals surface area (Å²) in [6.07, 6.45) is 5.59. The van der Waals surface area contributed by atoms with Crippen molar-refractivity contribution in [2.24, 2.45) is 0 Å². The van der Waals surface area contributed by atoms with Crippen molar-refractivity contribution in [3.63, 3.8) is 0 Å². The molecule has 0 aliphatic carbocycles. The third-order valence-corrected chi connectivity index (χ3v) is 3.10. The van der Waals surface area contributed by atoms with Gasteiger partial charge in [0.25, 0.3) is 5.84 Å². The SMILES string of the molecule is CCC(CC1=[N+]C=CN1)Nc1ccc(N)cc1C.[Cl-]. The second-order valence-electron chi connectivity index (χ2n) is 4.56. The average Bonchev–Trinajstić information content (AvgIpc) is 2.84. The molecule has 1 radical (unpaired) electrons. The first kappa shape index (κ1) is 15.4. The lowest BCUT2D eigenvalue weighted by molar-refractivity contribution is -0.00000401. The summed E-state index contributed by atoms with van der Waals surface area (Å²) >= 11 is 0. The fourth-order valence-electron chi connectivity index (χ4n) is 2.01. The van der Waals surface area contributed by atoms with E-state index in [4.69, 9.17) is 5.73 Å². The van der Waals surface area contributed by atoms with Crippen molar-refractivity contribution in [3.05, 3.63) is 36.2 Å². The third-order valence-electron chi connectivity index (χ3n) is 3.10. The highest BCUT2D eigenvalue weighted by Crippen LogP contribution is 2.20. The lowest BCUT2D eigenvalue weighted by atomic mass is 10.1. The molecule has 0 amide bonds. The van der Waals surface area contributed by atoms with Crippen molar-refractivity contribution in [2.75, 3.05) is 11.1 Å². The Kier molecular flexibility index (Phi) is 5.70. The summed E-state index contributed by atoms with van der Waals surface area (Å²) < 4.78 is 0. The molecular weight excluding hydrogens is 260 g/mol. The van der Waals surface area contributed by atoms with Crippen LogP contribution in [0.15, 0.2) is 30.6 Å². The number of nitrogens with one attached hydrogen (secondary N) is 2. The average molecular weight is 280 g/mol. The van der Waals surface area contributed by atoms with Crippen LogP contribution in [0.3, 0.4) is 0 Å². The molecule has 4 N–H and O–H groups in total. The van der Waals surface area contributed by atoms with Gasteiger partial charge in [-0.25, -0.2) is 5.32 Å². The largest absolute Gasteiger partial charge is 1.00 e. The predicted octanol–water partition coefficient (Wildman–Crippen LogP) is -1.03. The minimum Gasteiger partial charge on any atom is -1.00 e. The van der Waals surface area contributed by atoms with Crippen LogP contribution >= 0.6 is 0 Å². The summed E-state index contributed by atoms with van der Waals surface area (Å²) in [5.41, 5.74) is 8.88. The number of nitrogens with zero attached hydrogens (tertiary/aromatic N) is 1. The molecule has 19 heavy (non-hydrogen) atoms. The van der Waals surface area contributed by atoms with Gasteiger partial charge in [0.2, 0.25) is 0 Å². The van der Waals surface area contributed by atoms with Crippen LogP contribution in [-0.2, 0) is 0 Å². The van der Waals surface area contributed by atoms with Crippen LogP contribution in [-0.4, -0.2) is 11.9 Å². The second-order valence-corrected chi connectivity index (χ2v) is 4.56. The summed E-state index contributed by atoms with van der Waals surface area (Å²) in [6.45, 7) is 4.24. The summed E-state index contributed by atoms with van der Waals surface area (Å²) in [5.74, 6) is 1.02. The quantitative estimate of drug-likeness (QED) is 0.604. The Morgan fingerprint density at radius 2 is 2.21 bits per heavy atom. The number of aliphatic imine (C=N–C) groups is 1. The number of anilines is 2. The molecule has 0 spiro atoms. The number of nitrogens with two attached hydrogens (primary N) is 1. The van der Waals surface area contributed by atoms with Gasteiger partial charge in [-0.15, -0.1) is 0 Å². The molecule has 103 valence electrons. The minimum atomic E-state index is 0. The zero-order valence-electron chi connectivity index (χ0n) is 11.3. The van der Waals surface area contributed by atoms with Gasteiger partial charge in [0.05, 0.1) is 6.42 Å². The Morgan fingerprint density at radius 3 is 2.79 bits per heavy atom. The number of amidine groups is 1. The van der Waals surface area contributed by atoms with Crippen molar-refractivity contribution in [3.8, 4) is 0 Å². The van der Waals surface area contributed by atoms with Crippen LogP contribution in [0, 0.1) is 6.92 Å². The molecule has 1 aliphatic heterocycles. The first-order valence-electron chi connectivity index (χ1n) is 6.30. The van der Waals surface area contributed by atoms with Crippen LogP contribution in [0.4, 0.5) is 11.4 Å². The molecule has 0 saturated heterocycles. The van der Waals surface area contributed by atoms with Crippen molar-refractivity contribution in [2.45, 2.75) is 32.7 Å². The van der Waals surface area contributed by atoms with E-state index in [1.54, 1.807) is 6.20 Å². The Hall–Kier alpha value is -1.68. The topological polar surface area (TPSA) is 64.2 Å². The van der Waals surface area contributed by atoms with Gasteiger partial charge >= 0.3 is 0 Å². The minimum absolute atomic E-state index is 0. The Labute approximate surface area is 120 Å². The van der Waals surface area contributed by atoms with Gasteiger partial charge in [-0.2, -0.15) is 0 Å². The van der Waals surface area contributed by atoms with Gasteiger partial charge in [0, 0.05) is 17.4 Å². The second kappa shape index (κ2) is 7.04. The van der Waals surface area contributed by atoms with E-state index in [0.29, 0.717) is 6.04 Å². The van der Waals surface area contributed by atoms with E-state index < -0.39 is 0 Å². The monoisotopic (exact) mass is 279 g/mol. The zero-order valence-corrected chi connectivity index (χ0v) is 12.0. The van der Waals surface area contributed by atoms with Crippen molar-refractivity contribution >= 4 is 17.2 Å². The summed E-state index contributed by atoms with van der Waals surface area (Å²) in [4.78, 5) is 4.27.